The predicted octanol–water partition coefficient (Wildman–Crippen LogP) is 2.79. The fourth-order valence-corrected chi connectivity index (χ4v) is 1.73. The summed E-state index contributed by atoms with van der Waals surface area (Å²) in [5, 5.41) is 0. The third-order valence-corrected chi connectivity index (χ3v) is 2.80. The van der Waals surface area contributed by atoms with Crippen molar-refractivity contribution in [2.45, 2.75) is 32.7 Å². The maximum absolute atomic E-state index is 6.10. The van der Waals surface area contributed by atoms with Gasteiger partial charge in [0.2, 0.25) is 0 Å². The molecule has 90 valence electrons. The lowest BCUT2D eigenvalue weighted by Gasteiger charge is -2.08. The summed E-state index contributed by atoms with van der Waals surface area (Å²) >= 11 is 0. The van der Waals surface area contributed by atoms with Crippen LogP contribution in [0.5, 0.6) is 0 Å². The fraction of sp³-hybridized carbons (Fsp3) is 0.357. The normalized spacial score (nSPS) is 12.6. The van der Waals surface area contributed by atoms with E-state index >= 15 is 0 Å². The zero-order valence-electron chi connectivity index (χ0n) is 10.3. The summed E-state index contributed by atoms with van der Waals surface area (Å²) in [6, 6.07) is 7.88. The van der Waals surface area contributed by atoms with Gasteiger partial charge in [-0.15, -0.1) is 0 Å². The van der Waals surface area contributed by atoms with Crippen LogP contribution in [0.3, 0.4) is 0 Å². The minimum atomic E-state index is -0.120. The predicted molar refractivity (Wildman–Crippen MR) is 67.7 cm³/mol. The van der Waals surface area contributed by atoms with Gasteiger partial charge in [0, 0.05) is 24.7 Å². The Morgan fingerprint density at radius 2 is 2.12 bits per heavy atom. The van der Waals surface area contributed by atoms with E-state index < -0.39 is 0 Å². The molecule has 0 spiro atoms. The second-order valence-electron chi connectivity index (χ2n) is 4.30. The van der Waals surface area contributed by atoms with Gasteiger partial charge in [-0.3, -0.25) is 4.98 Å². The third-order valence-electron chi connectivity index (χ3n) is 2.80. The smallest absolute Gasteiger partial charge is 0.121 e. The Kier molecular flexibility index (Phi) is 3.59. The molecule has 0 saturated heterocycles. The van der Waals surface area contributed by atoms with Crippen LogP contribution in [0.4, 0.5) is 0 Å². The molecule has 0 aliphatic carbocycles. The second-order valence-corrected chi connectivity index (χ2v) is 4.30. The zero-order valence-corrected chi connectivity index (χ0v) is 10.3. The molecule has 0 amide bonds. The Morgan fingerprint density at radius 3 is 2.71 bits per heavy atom. The highest BCUT2D eigenvalue weighted by molar-refractivity contribution is 5.16. The Morgan fingerprint density at radius 1 is 1.29 bits per heavy atom. The number of aromatic nitrogens is 1. The summed E-state index contributed by atoms with van der Waals surface area (Å²) in [7, 11) is 0. The lowest BCUT2D eigenvalue weighted by molar-refractivity contribution is 0.433. The molecule has 17 heavy (non-hydrogen) atoms. The number of pyridine rings is 1. The maximum Gasteiger partial charge on any atom is 0.121 e. The molecule has 0 aliphatic rings. The van der Waals surface area contributed by atoms with Crippen molar-refractivity contribution < 1.29 is 4.42 Å². The van der Waals surface area contributed by atoms with Crippen molar-refractivity contribution in [3.05, 3.63) is 53.2 Å². The van der Waals surface area contributed by atoms with E-state index in [0.717, 1.165) is 29.2 Å². The number of nitrogens with two attached hydrogens (primary N) is 1. The average Bonchev–Trinajstić information content (AvgIpc) is 2.81. The number of furan rings is 1. The minimum absolute atomic E-state index is 0.120. The van der Waals surface area contributed by atoms with Crippen molar-refractivity contribution in [2.75, 3.05) is 0 Å². The molecule has 1 unspecified atom stereocenters. The van der Waals surface area contributed by atoms with Crippen LogP contribution in [0.25, 0.3) is 0 Å². The van der Waals surface area contributed by atoms with Gasteiger partial charge >= 0.3 is 0 Å². The van der Waals surface area contributed by atoms with E-state index in [1.54, 1.807) is 0 Å². The standard InChI is InChI=1S/C14H18N2O/c1-3-12-6-7-14(17-12)13(15)8-11-5-4-10(2)9-16-11/h4-7,9,13H,3,8,15H2,1-2H3. The number of aryl methyl sites for hydroxylation is 2. The molecular weight excluding hydrogens is 212 g/mol. The molecule has 3 heteroatoms. The topological polar surface area (TPSA) is 52.0 Å². The van der Waals surface area contributed by atoms with Crippen LogP contribution in [-0.2, 0) is 12.8 Å². The van der Waals surface area contributed by atoms with Gasteiger partial charge in [0.15, 0.2) is 0 Å². The van der Waals surface area contributed by atoms with Gasteiger partial charge in [-0.25, -0.2) is 0 Å². The summed E-state index contributed by atoms with van der Waals surface area (Å²) in [5.41, 5.74) is 8.26. The van der Waals surface area contributed by atoms with E-state index in [1.165, 1.54) is 0 Å². The summed E-state index contributed by atoms with van der Waals surface area (Å²) in [5.74, 6) is 1.82. The molecule has 0 bridgehead atoms. The molecule has 0 radical (unpaired) electrons. The van der Waals surface area contributed by atoms with Crippen molar-refractivity contribution in [1.82, 2.24) is 4.98 Å². The number of hydrogen-bond acceptors (Lipinski definition) is 3. The maximum atomic E-state index is 6.10. The first-order valence-corrected chi connectivity index (χ1v) is 5.94. The molecule has 2 aromatic heterocycles. The van der Waals surface area contributed by atoms with Gasteiger partial charge < -0.3 is 10.2 Å². The summed E-state index contributed by atoms with van der Waals surface area (Å²) in [4.78, 5) is 4.35. The molecule has 2 rings (SSSR count). The Labute approximate surface area is 102 Å². The van der Waals surface area contributed by atoms with Crippen molar-refractivity contribution >= 4 is 0 Å². The molecule has 2 N–H and O–H groups in total. The Balaban J connectivity index is 2.05. The largest absolute Gasteiger partial charge is 0.464 e. The lowest BCUT2D eigenvalue weighted by atomic mass is 10.1. The first-order chi connectivity index (χ1) is 8.19. The molecule has 1 atom stereocenters. The average molecular weight is 230 g/mol. The van der Waals surface area contributed by atoms with E-state index in [0.29, 0.717) is 6.42 Å². The molecule has 0 aliphatic heterocycles. The SMILES string of the molecule is CCc1ccc(C(N)Cc2ccc(C)cn2)o1. The summed E-state index contributed by atoms with van der Waals surface area (Å²) in [6.07, 6.45) is 3.47. The molecule has 2 heterocycles. The summed E-state index contributed by atoms with van der Waals surface area (Å²) < 4.78 is 5.64. The molecule has 0 aromatic carbocycles. The number of rotatable bonds is 4. The van der Waals surface area contributed by atoms with Gasteiger partial charge in [-0.2, -0.15) is 0 Å². The van der Waals surface area contributed by atoms with Crippen LogP contribution in [0.1, 0.15) is 35.7 Å². The van der Waals surface area contributed by atoms with E-state index in [1.807, 2.05) is 31.3 Å². The van der Waals surface area contributed by atoms with Gasteiger partial charge in [-0.05, 0) is 30.7 Å². The molecule has 0 fully saturated rings. The molecule has 3 nitrogen and oxygen atoms in total. The van der Waals surface area contributed by atoms with E-state index in [-0.39, 0.29) is 6.04 Å². The Hall–Kier alpha value is -1.61. The van der Waals surface area contributed by atoms with Crippen molar-refractivity contribution in [2.24, 2.45) is 5.73 Å². The van der Waals surface area contributed by atoms with Crippen LogP contribution in [0.2, 0.25) is 0 Å². The van der Waals surface area contributed by atoms with Crippen LogP contribution in [0.15, 0.2) is 34.9 Å². The number of hydrogen-bond donors (Lipinski definition) is 1. The quantitative estimate of drug-likeness (QED) is 0.878. The fourth-order valence-electron chi connectivity index (χ4n) is 1.73. The van der Waals surface area contributed by atoms with Gasteiger partial charge in [0.1, 0.15) is 11.5 Å². The van der Waals surface area contributed by atoms with Crippen molar-refractivity contribution in [3.8, 4) is 0 Å². The lowest BCUT2D eigenvalue weighted by Crippen LogP contribution is -2.13. The second kappa shape index (κ2) is 5.15. The van der Waals surface area contributed by atoms with E-state index in [9.17, 15) is 0 Å². The highest BCUT2D eigenvalue weighted by atomic mass is 16.3. The highest BCUT2D eigenvalue weighted by Crippen LogP contribution is 2.18. The van der Waals surface area contributed by atoms with E-state index in [4.69, 9.17) is 10.2 Å². The highest BCUT2D eigenvalue weighted by Gasteiger charge is 2.11. The van der Waals surface area contributed by atoms with Gasteiger partial charge in [0.05, 0.1) is 6.04 Å². The van der Waals surface area contributed by atoms with Crippen LogP contribution in [-0.4, -0.2) is 4.98 Å². The molecular formula is C14H18N2O. The number of nitrogens with zero attached hydrogens (tertiary/aromatic N) is 1. The Bertz CT molecular complexity index is 473. The van der Waals surface area contributed by atoms with Gasteiger partial charge in [-0.1, -0.05) is 13.0 Å². The van der Waals surface area contributed by atoms with Gasteiger partial charge in [0.25, 0.3) is 0 Å². The summed E-state index contributed by atoms with van der Waals surface area (Å²) in [6.45, 7) is 4.09. The van der Waals surface area contributed by atoms with Crippen LogP contribution < -0.4 is 5.73 Å². The molecule has 2 aromatic rings. The van der Waals surface area contributed by atoms with Crippen molar-refractivity contribution in [3.63, 3.8) is 0 Å². The van der Waals surface area contributed by atoms with Crippen LogP contribution >= 0.6 is 0 Å². The van der Waals surface area contributed by atoms with E-state index in [2.05, 4.69) is 18.0 Å². The first kappa shape index (κ1) is 11.9. The zero-order chi connectivity index (χ0) is 12.3. The first-order valence-electron chi connectivity index (χ1n) is 5.94. The monoisotopic (exact) mass is 230 g/mol. The van der Waals surface area contributed by atoms with Crippen LogP contribution in [0, 0.1) is 6.92 Å². The third kappa shape index (κ3) is 2.94. The molecule has 0 saturated carbocycles. The van der Waals surface area contributed by atoms with Crippen molar-refractivity contribution in [1.29, 1.82) is 0 Å². The minimum Gasteiger partial charge on any atom is -0.464 e.